The van der Waals surface area contributed by atoms with E-state index in [4.69, 9.17) is 9.47 Å². The zero-order valence-corrected chi connectivity index (χ0v) is 15.7. The van der Waals surface area contributed by atoms with Crippen LogP contribution in [0.4, 0.5) is 4.79 Å². The van der Waals surface area contributed by atoms with E-state index in [0.717, 1.165) is 22.1 Å². The summed E-state index contributed by atoms with van der Waals surface area (Å²) in [5.41, 5.74) is 1.03. The molecule has 2 aromatic carbocycles. The molecule has 28 heavy (non-hydrogen) atoms. The van der Waals surface area contributed by atoms with Crippen LogP contribution in [0.25, 0.3) is 10.8 Å². The highest BCUT2D eigenvalue weighted by atomic mass is 16.6. The molecule has 1 aromatic heterocycles. The Bertz CT molecular complexity index is 948. The van der Waals surface area contributed by atoms with Gasteiger partial charge in [0, 0.05) is 30.7 Å². The standard InChI is InChI=1S/C22H23N3O3/c1-15(16-5-3-2-4-6-16)25-22(26)28-21-12-20(14-24-21)27-19-8-7-18-13-23-10-9-17(18)11-19/h2-11,13,15,20-21,24H,12,14H2,1H3,(H,25,26)/t15-,20-,21+/m1/s1. The molecule has 3 atom stereocenters. The number of aromatic nitrogens is 1. The van der Waals surface area contributed by atoms with Gasteiger partial charge in [-0.15, -0.1) is 0 Å². The van der Waals surface area contributed by atoms with Gasteiger partial charge in [-0.25, -0.2) is 4.79 Å². The van der Waals surface area contributed by atoms with Crippen LogP contribution in [0.5, 0.6) is 5.75 Å². The van der Waals surface area contributed by atoms with Crippen LogP contribution < -0.4 is 15.4 Å². The fraction of sp³-hybridized carbons (Fsp3) is 0.273. The molecule has 1 fully saturated rings. The fourth-order valence-electron chi connectivity index (χ4n) is 3.34. The highest BCUT2D eigenvalue weighted by Crippen LogP contribution is 2.23. The van der Waals surface area contributed by atoms with Crippen LogP contribution in [0.15, 0.2) is 67.0 Å². The minimum Gasteiger partial charge on any atom is -0.489 e. The minimum absolute atomic E-state index is 0.0522. The van der Waals surface area contributed by atoms with Crippen LogP contribution in [0.3, 0.4) is 0 Å². The topological polar surface area (TPSA) is 72.5 Å². The van der Waals surface area contributed by atoms with Gasteiger partial charge in [-0.2, -0.15) is 0 Å². The lowest BCUT2D eigenvalue weighted by Gasteiger charge is -2.17. The molecule has 1 amide bonds. The van der Waals surface area contributed by atoms with E-state index in [9.17, 15) is 4.79 Å². The zero-order chi connectivity index (χ0) is 19.3. The number of carbonyl (C=O) groups is 1. The van der Waals surface area contributed by atoms with Crippen molar-refractivity contribution < 1.29 is 14.3 Å². The first-order chi connectivity index (χ1) is 13.7. The van der Waals surface area contributed by atoms with Crippen LogP contribution in [0.1, 0.15) is 24.9 Å². The van der Waals surface area contributed by atoms with Gasteiger partial charge in [0.15, 0.2) is 6.23 Å². The number of pyridine rings is 1. The molecule has 1 saturated heterocycles. The summed E-state index contributed by atoms with van der Waals surface area (Å²) in [6.07, 6.45) is 3.34. The fourth-order valence-corrected chi connectivity index (χ4v) is 3.34. The molecule has 1 aliphatic heterocycles. The third kappa shape index (κ3) is 4.40. The van der Waals surface area contributed by atoms with Crippen molar-refractivity contribution in [2.75, 3.05) is 6.54 Å². The smallest absolute Gasteiger partial charge is 0.409 e. The van der Waals surface area contributed by atoms with E-state index in [1.54, 1.807) is 6.20 Å². The summed E-state index contributed by atoms with van der Waals surface area (Å²) in [4.78, 5) is 16.3. The molecular formula is C22H23N3O3. The van der Waals surface area contributed by atoms with Crippen LogP contribution in [-0.2, 0) is 4.74 Å². The number of amides is 1. The first kappa shape index (κ1) is 18.3. The van der Waals surface area contributed by atoms with Crippen molar-refractivity contribution in [1.29, 1.82) is 0 Å². The first-order valence-corrected chi connectivity index (χ1v) is 9.43. The van der Waals surface area contributed by atoms with Gasteiger partial charge in [0.05, 0.1) is 6.04 Å². The predicted octanol–water partition coefficient (Wildman–Crippen LogP) is 3.79. The molecule has 4 rings (SSSR count). The lowest BCUT2D eigenvalue weighted by Crippen LogP contribution is -2.34. The zero-order valence-electron chi connectivity index (χ0n) is 15.7. The molecule has 144 valence electrons. The van der Waals surface area contributed by atoms with Gasteiger partial charge in [0.1, 0.15) is 11.9 Å². The number of hydrogen-bond acceptors (Lipinski definition) is 5. The number of fused-ring (bicyclic) bond motifs is 1. The van der Waals surface area contributed by atoms with Crippen LogP contribution >= 0.6 is 0 Å². The van der Waals surface area contributed by atoms with E-state index in [1.165, 1.54) is 0 Å². The average Bonchev–Trinajstić information content (AvgIpc) is 3.15. The van der Waals surface area contributed by atoms with Crippen molar-refractivity contribution in [3.05, 3.63) is 72.6 Å². The molecule has 0 aliphatic carbocycles. The van der Waals surface area contributed by atoms with E-state index in [-0.39, 0.29) is 18.4 Å². The predicted molar refractivity (Wildman–Crippen MR) is 107 cm³/mol. The number of hydrogen-bond donors (Lipinski definition) is 2. The second-order valence-electron chi connectivity index (χ2n) is 6.94. The molecular weight excluding hydrogens is 354 g/mol. The van der Waals surface area contributed by atoms with Crippen LogP contribution in [0.2, 0.25) is 0 Å². The normalized spacial score (nSPS) is 19.9. The molecule has 0 bridgehead atoms. The Morgan fingerprint density at radius 2 is 2.04 bits per heavy atom. The highest BCUT2D eigenvalue weighted by Gasteiger charge is 2.28. The first-order valence-electron chi connectivity index (χ1n) is 9.43. The van der Waals surface area contributed by atoms with Crippen molar-refractivity contribution >= 4 is 16.9 Å². The Morgan fingerprint density at radius 1 is 1.18 bits per heavy atom. The molecule has 2 N–H and O–H groups in total. The van der Waals surface area contributed by atoms with Crippen LogP contribution in [0, 0.1) is 0 Å². The Morgan fingerprint density at radius 3 is 2.89 bits per heavy atom. The summed E-state index contributed by atoms with van der Waals surface area (Å²) in [6, 6.07) is 17.6. The average molecular weight is 377 g/mol. The Hall–Kier alpha value is -3.12. The van der Waals surface area contributed by atoms with Crippen molar-refractivity contribution in [2.45, 2.75) is 31.7 Å². The minimum atomic E-state index is -0.437. The second kappa shape index (κ2) is 8.27. The summed E-state index contributed by atoms with van der Waals surface area (Å²) >= 11 is 0. The molecule has 3 aromatic rings. The summed E-state index contributed by atoms with van der Waals surface area (Å²) in [5.74, 6) is 0.799. The quantitative estimate of drug-likeness (QED) is 0.708. The van der Waals surface area contributed by atoms with E-state index in [2.05, 4.69) is 15.6 Å². The number of nitrogens with zero attached hydrogens (tertiary/aromatic N) is 1. The number of carbonyl (C=O) groups excluding carboxylic acids is 1. The molecule has 0 radical (unpaired) electrons. The maximum atomic E-state index is 12.2. The number of benzene rings is 2. The number of ether oxygens (including phenoxy) is 2. The van der Waals surface area contributed by atoms with Crippen molar-refractivity contribution in [1.82, 2.24) is 15.6 Å². The Balaban J connectivity index is 1.28. The van der Waals surface area contributed by atoms with E-state index >= 15 is 0 Å². The van der Waals surface area contributed by atoms with Gasteiger partial charge in [-0.1, -0.05) is 30.3 Å². The number of rotatable bonds is 5. The van der Waals surface area contributed by atoms with Gasteiger partial charge < -0.3 is 14.8 Å². The Kier molecular flexibility index (Phi) is 5.39. The molecule has 0 spiro atoms. The second-order valence-corrected chi connectivity index (χ2v) is 6.94. The molecule has 0 unspecified atom stereocenters. The van der Waals surface area contributed by atoms with Gasteiger partial charge in [-0.05, 0) is 42.1 Å². The monoisotopic (exact) mass is 377 g/mol. The molecule has 2 heterocycles. The number of nitrogens with one attached hydrogen (secondary N) is 2. The third-order valence-electron chi connectivity index (χ3n) is 4.85. The molecule has 6 nitrogen and oxygen atoms in total. The number of alkyl carbamates (subject to hydrolysis) is 1. The SMILES string of the molecule is C[C@@H](NC(=O)O[C@H]1C[C@@H](Oc2ccc3cnccc3c2)CN1)c1ccccc1. The van der Waals surface area contributed by atoms with Gasteiger partial charge in [0.2, 0.25) is 0 Å². The van der Waals surface area contributed by atoms with Gasteiger partial charge >= 0.3 is 6.09 Å². The molecule has 0 saturated carbocycles. The maximum Gasteiger partial charge on any atom is 0.409 e. The summed E-state index contributed by atoms with van der Waals surface area (Å²) in [7, 11) is 0. The summed E-state index contributed by atoms with van der Waals surface area (Å²) in [5, 5.41) is 8.21. The van der Waals surface area contributed by atoms with Crippen molar-refractivity contribution in [3.63, 3.8) is 0 Å². The lowest BCUT2D eigenvalue weighted by atomic mass is 10.1. The van der Waals surface area contributed by atoms with E-state index in [0.29, 0.717) is 13.0 Å². The largest absolute Gasteiger partial charge is 0.489 e. The highest BCUT2D eigenvalue weighted by molar-refractivity contribution is 5.82. The summed E-state index contributed by atoms with van der Waals surface area (Å²) < 4.78 is 11.5. The van der Waals surface area contributed by atoms with Gasteiger partial charge in [0.25, 0.3) is 0 Å². The molecule has 6 heteroatoms. The van der Waals surface area contributed by atoms with E-state index < -0.39 is 6.09 Å². The van der Waals surface area contributed by atoms with E-state index in [1.807, 2.05) is 67.7 Å². The van der Waals surface area contributed by atoms with Gasteiger partial charge in [-0.3, -0.25) is 10.3 Å². The lowest BCUT2D eigenvalue weighted by molar-refractivity contribution is 0.0806. The van der Waals surface area contributed by atoms with Crippen LogP contribution in [-0.4, -0.2) is 30.0 Å². The Labute approximate surface area is 163 Å². The van der Waals surface area contributed by atoms with Crippen molar-refractivity contribution in [3.8, 4) is 5.75 Å². The van der Waals surface area contributed by atoms with Crippen molar-refractivity contribution in [2.24, 2.45) is 0 Å². The summed E-state index contributed by atoms with van der Waals surface area (Å²) in [6.45, 7) is 2.56. The molecule has 1 aliphatic rings. The maximum absolute atomic E-state index is 12.2. The third-order valence-corrected chi connectivity index (χ3v) is 4.85.